The number of hydrogen-bond donors (Lipinski definition) is 1. The normalized spacial score (nSPS) is 17.9. The summed E-state index contributed by atoms with van der Waals surface area (Å²) in [6.07, 6.45) is 1.16. The number of benzene rings is 1. The van der Waals surface area contributed by atoms with Gasteiger partial charge < -0.3 is 5.11 Å². The zero-order valence-corrected chi connectivity index (χ0v) is 13.0. The summed E-state index contributed by atoms with van der Waals surface area (Å²) in [7, 11) is 0. The van der Waals surface area contributed by atoms with Gasteiger partial charge in [0.1, 0.15) is 6.61 Å². The molecule has 1 atom stereocenters. The zero-order chi connectivity index (χ0) is 14.7. The molecule has 0 saturated carbocycles. The highest BCUT2D eigenvalue weighted by Gasteiger charge is 2.24. The predicted molar refractivity (Wildman–Crippen MR) is 87.3 cm³/mol. The number of nitrogens with zero attached hydrogens (tertiary/aromatic N) is 1. The van der Waals surface area contributed by atoms with Crippen molar-refractivity contribution in [2.75, 3.05) is 13.2 Å². The minimum Gasteiger partial charge on any atom is -0.384 e. The fraction of sp³-hybridized carbons (Fsp3) is 0.333. The molecule has 0 fully saturated rings. The molecule has 0 amide bonds. The van der Waals surface area contributed by atoms with E-state index in [-0.39, 0.29) is 6.61 Å². The maximum atomic E-state index is 8.71. The average molecular weight is 297 g/mol. The van der Waals surface area contributed by atoms with Crippen molar-refractivity contribution in [1.29, 1.82) is 0 Å². The standard InChI is InChI=1S/C18H19NOS/c1-14-17-9-12-21-18(17)8-10-19(14)13-16-6-4-15(5-7-16)3-2-11-20/h4-7,9,12,14,20H,8,10-11,13H2,1H3. The van der Waals surface area contributed by atoms with Gasteiger partial charge >= 0.3 is 0 Å². The molecule has 3 heteroatoms. The molecule has 1 unspecified atom stereocenters. The zero-order valence-electron chi connectivity index (χ0n) is 12.2. The maximum Gasteiger partial charge on any atom is 0.104 e. The van der Waals surface area contributed by atoms with Gasteiger partial charge in [-0.15, -0.1) is 11.3 Å². The number of hydrogen-bond acceptors (Lipinski definition) is 3. The van der Waals surface area contributed by atoms with Crippen molar-refractivity contribution >= 4 is 11.3 Å². The van der Waals surface area contributed by atoms with E-state index in [0.29, 0.717) is 6.04 Å². The number of thiophene rings is 1. The van der Waals surface area contributed by atoms with Gasteiger partial charge in [0, 0.05) is 29.6 Å². The lowest BCUT2D eigenvalue weighted by molar-refractivity contribution is 0.191. The fourth-order valence-corrected chi connectivity index (χ4v) is 3.81. The quantitative estimate of drug-likeness (QED) is 0.860. The van der Waals surface area contributed by atoms with E-state index in [1.807, 2.05) is 23.5 Å². The summed E-state index contributed by atoms with van der Waals surface area (Å²) in [6.45, 7) is 4.31. The Morgan fingerprint density at radius 1 is 1.29 bits per heavy atom. The summed E-state index contributed by atoms with van der Waals surface area (Å²) >= 11 is 1.88. The monoisotopic (exact) mass is 297 g/mol. The second kappa shape index (κ2) is 6.44. The van der Waals surface area contributed by atoms with E-state index >= 15 is 0 Å². The van der Waals surface area contributed by atoms with Crippen molar-refractivity contribution in [1.82, 2.24) is 4.90 Å². The summed E-state index contributed by atoms with van der Waals surface area (Å²) in [6, 6.07) is 11.1. The van der Waals surface area contributed by atoms with Gasteiger partial charge in [-0.05, 0) is 48.1 Å². The molecule has 0 spiro atoms. The first kappa shape index (κ1) is 14.3. The highest BCUT2D eigenvalue weighted by molar-refractivity contribution is 7.10. The summed E-state index contributed by atoms with van der Waals surface area (Å²) < 4.78 is 0. The van der Waals surface area contributed by atoms with Crippen LogP contribution in [0.3, 0.4) is 0 Å². The Kier molecular flexibility index (Phi) is 4.40. The third kappa shape index (κ3) is 3.19. The Hall–Kier alpha value is -1.60. The summed E-state index contributed by atoms with van der Waals surface area (Å²) in [5.41, 5.74) is 3.77. The van der Waals surface area contributed by atoms with Crippen molar-refractivity contribution in [3.05, 3.63) is 57.3 Å². The summed E-state index contributed by atoms with van der Waals surface area (Å²) in [5.74, 6) is 5.61. The lowest BCUT2D eigenvalue weighted by Crippen LogP contribution is -2.32. The molecule has 0 saturated heterocycles. The largest absolute Gasteiger partial charge is 0.384 e. The fourth-order valence-electron chi connectivity index (χ4n) is 2.85. The minimum absolute atomic E-state index is 0.0873. The summed E-state index contributed by atoms with van der Waals surface area (Å²) in [5, 5.41) is 10.9. The van der Waals surface area contributed by atoms with Gasteiger partial charge in [-0.3, -0.25) is 4.90 Å². The van der Waals surface area contributed by atoms with Crippen molar-refractivity contribution in [2.45, 2.75) is 25.9 Å². The van der Waals surface area contributed by atoms with Gasteiger partial charge in [0.15, 0.2) is 0 Å². The van der Waals surface area contributed by atoms with Crippen LogP contribution in [0, 0.1) is 11.8 Å². The first-order chi connectivity index (χ1) is 10.3. The molecular formula is C18H19NOS. The number of fused-ring (bicyclic) bond motifs is 1. The molecule has 1 aliphatic heterocycles. The van der Waals surface area contributed by atoms with Crippen LogP contribution < -0.4 is 0 Å². The Balaban J connectivity index is 1.70. The molecule has 3 rings (SSSR count). The number of aliphatic hydroxyl groups is 1. The van der Waals surface area contributed by atoms with E-state index in [9.17, 15) is 0 Å². The smallest absolute Gasteiger partial charge is 0.104 e. The molecule has 1 aromatic heterocycles. The van der Waals surface area contributed by atoms with Gasteiger partial charge in [0.2, 0.25) is 0 Å². The average Bonchev–Trinajstić information content (AvgIpc) is 2.99. The molecule has 108 valence electrons. The van der Waals surface area contributed by atoms with E-state index < -0.39 is 0 Å². The predicted octanol–water partition coefficient (Wildman–Crippen LogP) is 3.21. The number of rotatable bonds is 2. The minimum atomic E-state index is -0.0873. The Bertz CT molecular complexity index is 663. The van der Waals surface area contributed by atoms with Crippen molar-refractivity contribution < 1.29 is 5.11 Å². The maximum absolute atomic E-state index is 8.71. The lowest BCUT2D eigenvalue weighted by Gasteiger charge is -2.33. The van der Waals surface area contributed by atoms with Crippen LogP contribution in [0.15, 0.2) is 35.7 Å². The highest BCUT2D eigenvalue weighted by atomic mass is 32.1. The van der Waals surface area contributed by atoms with Crippen LogP contribution in [0.25, 0.3) is 0 Å². The van der Waals surface area contributed by atoms with Crippen molar-refractivity contribution in [3.63, 3.8) is 0 Å². The van der Waals surface area contributed by atoms with Gasteiger partial charge in [0.05, 0.1) is 0 Å². The van der Waals surface area contributed by atoms with Crippen molar-refractivity contribution in [2.24, 2.45) is 0 Å². The van der Waals surface area contributed by atoms with Crippen LogP contribution in [0.5, 0.6) is 0 Å². The first-order valence-electron chi connectivity index (χ1n) is 7.27. The van der Waals surface area contributed by atoms with Gasteiger partial charge in [-0.2, -0.15) is 0 Å². The SMILES string of the molecule is CC1c2ccsc2CCN1Cc1ccc(C#CCO)cc1. The summed E-state index contributed by atoms with van der Waals surface area (Å²) in [4.78, 5) is 4.08. The van der Waals surface area contributed by atoms with Gasteiger partial charge in [-0.1, -0.05) is 24.0 Å². The molecule has 2 nitrogen and oxygen atoms in total. The third-order valence-corrected chi connectivity index (χ3v) is 5.05. The molecule has 1 aliphatic rings. The van der Waals surface area contributed by atoms with Crippen LogP contribution in [-0.4, -0.2) is 23.2 Å². The molecule has 0 aliphatic carbocycles. The van der Waals surface area contributed by atoms with E-state index in [1.54, 1.807) is 4.88 Å². The Labute approximate surface area is 130 Å². The van der Waals surface area contributed by atoms with Crippen LogP contribution >= 0.6 is 11.3 Å². The van der Waals surface area contributed by atoms with E-state index in [1.165, 1.54) is 11.1 Å². The van der Waals surface area contributed by atoms with Crippen LogP contribution in [0.2, 0.25) is 0 Å². The van der Waals surface area contributed by atoms with E-state index in [2.05, 4.69) is 47.2 Å². The molecule has 0 bridgehead atoms. The van der Waals surface area contributed by atoms with Crippen LogP contribution in [0.4, 0.5) is 0 Å². The Morgan fingerprint density at radius 3 is 2.86 bits per heavy atom. The van der Waals surface area contributed by atoms with Crippen molar-refractivity contribution in [3.8, 4) is 11.8 Å². The first-order valence-corrected chi connectivity index (χ1v) is 8.15. The second-order valence-electron chi connectivity index (χ2n) is 5.35. The van der Waals surface area contributed by atoms with E-state index in [0.717, 1.165) is 25.1 Å². The molecule has 1 N–H and O–H groups in total. The topological polar surface area (TPSA) is 23.5 Å². The Morgan fingerprint density at radius 2 is 2.10 bits per heavy atom. The van der Waals surface area contributed by atoms with Gasteiger partial charge in [-0.25, -0.2) is 0 Å². The second-order valence-corrected chi connectivity index (χ2v) is 6.35. The van der Waals surface area contributed by atoms with Crippen LogP contribution in [0.1, 0.15) is 34.5 Å². The van der Waals surface area contributed by atoms with Crippen LogP contribution in [-0.2, 0) is 13.0 Å². The lowest BCUT2D eigenvalue weighted by atomic mass is 10.0. The molecule has 0 radical (unpaired) electrons. The molecule has 1 aromatic carbocycles. The van der Waals surface area contributed by atoms with Gasteiger partial charge in [0.25, 0.3) is 0 Å². The molecule has 21 heavy (non-hydrogen) atoms. The third-order valence-electron chi connectivity index (χ3n) is 4.06. The highest BCUT2D eigenvalue weighted by Crippen LogP contribution is 2.33. The molecular weight excluding hydrogens is 278 g/mol. The molecule has 2 heterocycles. The molecule has 2 aromatic rings. The number of aliphatic hydroxyl groups excluding tert-OH is 1. The van der Waals surface area contributed by atoms with E-state index in [4.69, 9.17) is 5.11 Å².